The van der Waals surface area contributed by atoms with Crippen molar-refractivity contribution in [3.63, 3.8) is 0 Å². The second kappa shape index (κ2) is 11.8. The van der Waals surface area contributed by atoms with Crippen LogP contribution < -0.4 is 4.72 Å². The highest BCUT2D eigenvalue weighted by Gasteiger charge is 2.62. The van der Waals surface area contributed by atoms with Gasteiger partial charge in [-0.1, -0.05) is 73.9 Å². The number of carbonyl (C=O) groups excluding carboxylic acids is 1. The van der Waals surface area contributed by atoms with Gasteiger partial charge >= 0.3 is 0 Å². The first-order valence-electron chi connectivity index (χ1n) is 17.4. The molecular weight excluding hydrogens is 554 g/mol. The topological polar surface area (TPSA) is 83.5 Å². The molecule has 242 valence electrons. The predicted octanol–water partition coefficient (Wildman–Crippen LogP) is 8.11. The highest BCUT2D eigenvalue weighted by atomic mass is 32.2. The molecule has 5 nitrogen and oxygen atoms in total. The normalized spacial score (nSPS) is 39.2. The van der Waals surface area contributed by atoms with Crippen molar-refractivity contribution in [2.45, 2.75) is 136 Å². The van der Waals surface area contributed by atoms with Crippen LogP contribution in [0.2, 0.25) is 0 Å². The van der Waals surface area contributed by atoms with E-state index in [-0.39, 0.29) is 27.7 Å². The second-order valence-corrected chi connectivity index (χ2v) is 18.6. The number of amides is 1. The van der Waals surface area contributed by atoms with E-state index in [1.165, 1.54) is 44.9 Å². The molecule has 43 heavy (non-hydrogen) atoms. The van der Waals surface area contributed by atoms with Gasteiger partial charge in [-0.05, 0) is 133 Å². The summed E-state index contributed by atoms with van der Waals surface area (Å²) in [5.41, 5.74) is 1.63. The lowest BCUT2D eigenvalue weighted by atomic mass is 9.42. The molecule has 1 amide bonds. The standard InChI is InChI=1S/C37H59NO4S/c1-9-25-21-29-31-15-14-30(36(31,7)19-17-32(29)37(8)18-16-27(39)22-33(25)37)23(2)20-24(3)34(40)38-43(41,42)28-12-10-26(11-13-28)35(4,5)6/h10-13,23-25,27,29-33,39H,9,14-22H2,1-8H3,(H,38,40)/t23-,24-,25+,27-,29+,30-,31?,32+,33+,36-,37-/m1/s1. The van der Waals surface area contributed by atoms with E-state index in [2.05, 4.69) is 53.2 Å². The number of carbonyl (C=O) groups is 1. The molecule has 11 atom stereocenters. The van der Waals surface area contributed by atoms with Crippen LogP contribution in [0.4, 0.5) is 0 Å². The fourth-order valence-electron chi connectivity index (χ4n) is 11.2. The number of fused-ring (bicyclic) bond motifs is 5. The maximum Gasteiger partial charge on any atom is 0.264 e. The largest absolute Gasteiger partial charge is 0.393 e. The Morgan fingerprint density at radius 3 is 2.21 bits per heavy atom. The van der Waals surface area contributed by atoms with Crippen molar-refractivity contribution in [3.05, 3.63) is 29.8 Å². The molecule has 4 fully saturated rings. The zero-order valence-corrected chi connectivity index (χ0v) is 29.0. The minimum Gasteiger partial charge on any atom is -0.393 e. The van der Waals surface area contributed by atoms with Gasteiger partial charge < -0.3 is 5.11 Å². The molecule has 4 aliphatic rings. The highest BCUT2D eigenvalue weighted by Crippen LogP contribution is 2.69. The van der Waals surface area contributed by atoms with Crippen LogP contribution in [0.3, 0.4) is 0 Å². The summed E-state index contributed by atoms with van der Waals surface area (Å²) in [4.78, 5) is 13.3. The third-order valence-electron chi connectivity index (χ3n) is 13.5. The van der Waals surface area contributed by atoms with Gasteiger partial charge in [0.1, 0.15) is 0 Å². The van der Waals surface area contributed by atoms with Gasteiger partial charge in [-0.15, -0.1) is 0 Å². The number of nitrogens with one attached hydrogen (secondary N) is 1. The van der Waals surface area contributed by atoms with E-state index in [1.54, 1.807) is 12.1 Å². The monoisotopic (exact) mass is 613 g/mol. The van der Waals surface area contributed by atoms with E-state index in [4.69, 9.17) is 0 Å². The lowest BCUT2D eigenvalue weighted by molar-refractivity contribution is -0.152. The lowest BCUT2D eigenvalue weighted by Gasteiger charge is -2.63. The molecule has 1 aromatic carbocycles. The fraction of sp³-hybridized carbons (Fsp3) is 0.811. The molecule has 1 unspecified atom stereocenters. The van der Waals surface area contributed by atoms with E-state index in [0.29, 0.717) is 29.6 Å². The Labute approximate surface area is 262 Å². The quantitative estimate of drug-likeness (QED) is 0.325. The lowest BCUT2D eigenvalue weighted by Crippen LogP contribution is -2.56. The molecular formula is C37H59NO4S. The number of hydrogen-bond donors (Lipinski definition) is 2. The summed E-state index contributed by atoms with van der Waals surface area (Å²) in [7, 11) is -3.91. The first-order chi connectivity index (χ1) is 20.0. The summed E-state index contributed by atoms with van der Waals surface area (Å²) < 4.78 is 28.5. The molecule has 0 heterocycles. The van der Waals surface area contributed by atoms with Crippen LogP contribution in [0.5, 0.6) is 0 Å². The van der Waals surface area contributed by atoms with Crippen molar-refractivity contribution >= 4 is 15.9 Å². The Kier molecular flexibility index (Phi) is 9.01. The number of rotatable bonds is 7. The minimum absolute atomic E-state index is 0.0696. The van der Waals surface area contributed by atoms with Gasteiger partial charge in [0.15, 0.2) is 0 Å². The molecule has 0 saturated heterocycles. The minimum atomic E-state index is -3.91. The van der Waals surface area contributed by atoms with Crippen molar-refractivity contribution in [2.75, 3.05) is 0 Å². The third-order valence-corrected chi connectivity index (χ3v) is 14.9. The molecule has 0 bridgehead atoms. The molecule has 4 saturated carbocycles. The van der Waals surface area contributed by atoms with Crippen molar-refractivity contribution in [1.82, 2.24) is 4.72 Å². The molecule has 5 rings (SSSR count). The number of aliphatic hydroxyl groups is 1. The van der Waals surface area contributed by atoms with Crippen LogP contribution in [-0.2, 0) is 20.2 Å². The van der Waals surface area contributed by atoms with E-state index in [1.807, 2.05) is 19.1 Å². The van der Waals surface area contributed by atoms with Gasteiger partial charge in [-0.25, -0.2) is 13.1 Å². The number of hydrogen-bond acceptors (Lipinski definition) is 4. The maximum atomic E-state index is 13.2. The Balaban J connectivity index is 1.24. The Hall–Kier alpha value is -1.40. The van der Waals surface area contributed by atoms with Gasteiger partial charge in [0.25, 0.3) is 10.0 Å². The van der Waals surface area contributed by atoms with E-state index >= 15 is 0 Å². The van der Waals surface area contributed by atoms with Crippen LogP contribution in [0, 0.1) is 58.2 Å². The number of sulfonamides is 1. The average Bonchev–Trinajstić information content (AvgIpc) is 3.30. The zero-order valence-electron chi connectivity index (χ0n) is 28.2. The Morgan fingerprint density at radius 2 is 1.58 bits per heavy atom. The highest BCUT2D eigenvalue weighted by molar-refractivity contribution is 7.90. The summed E-state index contributed by atoms with van der Waals surface area (Å²) in [6.07, 6.45) is 11.3. The van der Waals surface area contributed by atoms with Crippen LogP contribution in [0.25, 0.3) is 0 Å². The molecule has 2 N–H and O–H groups in total. The second-order valence-electron chi connectivity index (χ2n) is 16.9. The summed E-state index contributed by atoms with van der Waals surface area (Å²) in [5, 5.41) is 10.6. The Morgan fingerprint density at radius 1 is 0.953 bits per heavy atom. The molecule has 1 aromatic rings. The number of aliphatic hydroxyl groups excluding tert-OH is 1. The van der Waals surface area contributed by atoms with Crippen molar-refractivity contribution in [2.24, 2.45) is 58.2 Å². The van der Waals surface area contributed by atoms with Crippen molar-refractivity contribution in [1.29, 1.82) is 0 Å². The van der Waals surface area contributed by atoms with Gasteiger partial charge in [0, 0.05) is 5.92 Å². The summed E-state index contributed by atoms with van der Waals surface area (Å²) in [6.45, 7) is 18.0. The van der Waals surface area contributed by atoms with Crippen molar-refractivity contribution in [3.8, 4) is 0 Å². The molecule has 4 aliphatic carbocycles. The SMILES string of the molecule is CC[C@H]1C[C@H]2C3CC[C@H]([C@H](C)C[C@@H](C)C(=O)NS(=O)(=O)c4ccc(C(C)(C)C)cc4)[C@@]3(C)CC[C@@H]2[C@@]2(C)CC[C@@H](O)C[C@@H]12. The predicted molar refractivity (Wildman–Crippen MR) is 174 cm³/mol. The summed E-state index contributed by atoms with van der Waals surface area (Å²) in [5.74, 6) is 3.81. The smallest absolute Gasteiger partial charge is 0.264 e. The first-order valence-corrected chi connectivity index (χ1v) is 18.8. The zero-order chi connectivity index (χ0) is 31.5. The number of benzene rings is 1. The van der Waals surface area contributed by atoms with Crippen LogP contribution in [-0.4, -0.2) is 25.5 Å². The maximum absolute atomic E-state index is 13.2. The van der Waals surface area contributed by atoms with Crippen LogP contribution in [0.1, 0.15) is 125 Å². The molecule has 0 aliphatic heterocycles. The first kappa shape index (κ1) is 33.0. The van der Waals surface area contributed by atoms with E-state index < -0.39 is 15.9 Å². The molecule has 0 aromatic heterocycles. The van der Waals surface area contributed by atoms with Gasteiger partial charge in [-0.3, -0.25) is 4.79 Å². The molecule has 0 spiro atoms. The Bertz CT molecular complexity index is 1270. The third kappa shape index (κ3) is 5.98. The van der Waals surface area contributed by atoms with Gasteiger partial charge in [0.05, 0.1) is 11.0 Å². The van der Waals surface area contributed by atoms with Gasteiger partial charge in [-0.2, -0.15) is 0 Å². The van der Waals surface area contributed by atoms with E-state index in [9.17, 15) is 18.3 Å². The van der Waals surface area contributed by atoms with Crippen LogP contribution in [0.15, 0.2) is 29.2 Å². The summed E-state index contributed by atoms with van der Waals surface area (Å²) in [6, 6.07) is 6.88. The van der Waals surface area contributed by atoms with Gasteiger partial charge in [0.2, 0.25) is 5.91 Å². The van der Waals surface area contributed by atoms with E-state index in [0.717, 1.165) is 42.1 Å². The molecule has 0 radical (unpaired) electrons. The molecule has 6 heteroatoms. The van der Waals surface area contributed by atoms with Crippen LogP contribution >= 0.6 is 0 Å². The fourth-order valence-corrected chi connectivity index (χ4v) is 12.2. The summed E-state index contributed by atoms with van der Waals surface area (Å²) >= 11 is 0. The average molecular weight is 614 g/mol. The van der Waals surface area contributed by atoms with Crippen molar-refractivity contribution < 1.29 is 18.3 Å².